The molecule has 0 fully saturated rings. The van der Waals surface area contributed by atoms with E-state index < -0.39 is 0 Å². The normalized spacial score (nSPS) is 10.3. The lowest BCUT2D eigenvalue weighted by atomic mass is 9.99. The Bertz CT molecular complexity index is 854. The Morgan fingerprint density at radius 2 is 1.61 bits per heavy atom. The molecule has 1 heterocycles. The first-order valence-corrected chi connectivity index (χ1v) is 7.67. The Morgan fingerprint density at radius 3 is 2.26 bits per heavy atom. The summed E-state index contributed by atoms with van der Waals surface area (Å²) in [4.78, 5) is 4.56. The van der Waals surface area contributed by atoms with Gasteiger partial charge in [-0.3, -0.25) is 4.98 Å². The van der Waals surface area contributed by atoms with Crippen molar-refractivity contribution in [3.05, 3.63) is 88.7 Å². The van der Waals surface area contributed by atoms with E-state index in [1.807, 2.05) is 42.6 Å². The van der Waals surface area contributed by atoms with Crippen molar-refractivity contribution in [3.8, 4) is 17.2 Å². The molecular formula is C21H18N2. The zero-order chi connectivity index (χ0) is 16.2. The molecule has 0 amide bonds. The lowest BCUT2D eigenvalue weighted by molar-refractivity contribution is 1.06. The number of aromatic nitrogens is 1. The van der Waals surface area contributed by atoms with E-state index in [-0.39, 0.29) is 0 Å². The number of nitriles is 1. The molecule has 3 aromatic rings. The van der Waals surface area contributed by atoms with Crippen LogP contribution in [0.3, 0.4) is 0 Å². The van der Waals surface area contributed by atoms with Gasteiger partial charge >= 0.3 is 0 Å². The van der Waals surface area contributed by atoms with E-state index in [9.17, 15) is 5.26 Å². The fourth-order valence-corrected chi connectivity index (χ4v) is 2.88. The van der Waals surface area contributed by atoms with Crippen molar-refractivity contribution in [1.82, 2.24) is 4.98 Å². The van der Waals surface area contributed by atoms with Gasteiger partial charge in [0.15, 0.2) is 0 Å². The van der Waals surface area contributed by atoms with Crippen LogP contribution in [0.4, 0.5) is 0 Å². The second kappa shape index (κ2) is 6.46. The molecule has 0 atom stereocenters. The van der Waals surface area contributed by atoms with Gasteiger partial charge in [0, 0.05) is 18.2 Å². The smallest absolute Gasteiger partial charge is 0.101 e. The quantitative estimate of drug-likeness (QED) is 0.694. The van der Waals surface area contributed by atoms with E-state index in [1.54, 1.807) is 0 Å². The lowest BCUT2D eigenvalue weighted by Crippen LogP contribution is -1.98. The first kappa shape index (κ1) is 15.0. The van der Waals surface area contributed by atoms with Gasteiger partial charge in [0.05, 0.1) is 11.3 Å². The van der Waals surface area contributed by atoms with Crippen LogP contribution in [0, 0.1) is 25.2 Å². The Balaban J connectivity index is 1.96. The summed E-state index contributed by atoms with van der Waals surface area (Å²) in [5.41, 5.74) is 7.20. The van der Waals surface area contributed by atoms with Crippen molar-refractivity contribution >= 4 is 0 Å². The summed E-state index contributed by atoms with van der Waals surface area (Å²) in [6.45, 7) is 4.18. The number of hydrogen-bond acceptors (Lipinski definition) is 2. The fourth-order valence-electron chi connectivity index (χ4n) is 2.88. The van der Waals surface area contributed by atoms with E-state index in [2.05, 4.69) is 43.1 Å². The number of hydrogen-bond donors (Lipinski definition) is 0. The number of pyridine rings is 1. The van der Waals surface area contributed by atoms with Gasteiger partial charge in [-0.1, -0.05) is 59.7 Å². The van der Waals surface area contributed by atoms with Crippen LogP contribution in [0.1, 0.15) is 27.9 Å². The Labute approximate surface area is 137 Å². The Kier molecular flexibility index (Phi) is 4.21. The van der Waals surface area contributed by atoms with E-state index in [4.69, 9.17) is 0 Å². The largest absolute Gasteiger partial charge is 0.259 e. The van der Waals surface area contributed by atoms with Crippen molar-refractivity contribution in [3.63, 3.8) is 0 Å². The van der Waals surface area contributed by atoms with Gasteiger partial charge in [-0.05, 0) is 31.0 Å². The van der Waals surface area contributed by atoms with Gasteiger partial charge in [0.2, 0.25) is 0 Å². The minimum absolute atomic E-state index is 0.644. The first-order valence-electron chi connectivity index (χ1n) is 7.67. The number of nitrogens with zero attached hydrogens (tertiary/aromatic N) is 2. The molecule has 0 radical (unpaired) electrons. The van der Waals surface area contributed by atoms with Gasteiger partial charge in [0.25, 0.3) is 0 Å². The molecule has 0 aliphatic rings. The van der Waals surface area contributed by atoms with Crippen LogP contribution in [0.15, 0.2) is 60.8 Å². The first-order chi connectivity index (χ1) is 11.2. The topological polar surface area (TPSA) is 36.7 Å². The van der Waals surface area contributed by atoms with Crippen molar-refractivity contribution in [1.29, 1.82) is 5.26 Å². The molecule has 0 saturated heterocycles. The predicted molar refractivity (Wildman–Crippen MR) is 93.1 cm³/mol. The molecule has 1 aromatic heterocycles. The van der Waals surface area contributed by atoms with Gasteiger partial charge in [-0.25, -0.2) is 0 Å². The van der Waals surface area contributed by atoms with Gasteiger partial charge in [-0.2, -0.15) is 5.26 Å². The number of aryl methyl sites for hydroxylation is 2. The van der Waals surface area contributed by atoms with Crippen LogP contribution in [-0.2, 0) is 6.42 Å². The van der Waals surface area contributed by atoms with Crippen LogP contribution in [-0.4, -0.2) is 4.98 Å². The Morgan fingerprint density at radius 1 is 0.913 bits per heavy atom. The number of benzene rings is 2. The highest BCUT2D eigenvalue weighted by molar-refractivity contribution is 5.64. The fraction of sp³-hybridized carbons (Fsp3) is 0.143. The summed E-state index contributed by atoms with van der Waals surface area (Å²) in [5, 5.41) is 9.49. The van der Waals surface area contributed by atoms with Crippen molar-refractivity contribution in [2.45, 2.75) is 20.3 Å². The highest BCUT2D eigenvalue weighted by Crippen LogP contribution is 2.22. The van der Waals surface area contributed by atoms with Gasteiger partial charge in [0.1, 0.15) is 6.07 Å². The molecule has 3 rings (SSSR count). The zero-order valence-corrected chi connectivity index (χ0v) is 13.4. The molecule has 0 N–H and O–H groups in total. The van der Waals surface area contributed by atoms with Crippen LogP contribution in [0.2, 0.25) is 0 Å². The summed E-state index contributed by atoms with van der Waals surface area (Å²) < 4.78 is 0. The summed E-state index contributed by atoms with van der Waals surface area (Å²) in [6, 6.07) is 20.7. The standard InChI is InChI=1S/C21H18N2/c1-15-8-16(2)10-17(9-15)11-21-19(13-22)12-20(14-23-21)18-6-4-3-5-7-18/h3-10,12,14H,11H2,1-2H3. The molecule has 0 saturated carbocycles. The monoisotopic (exact) mass is 298 g/mol. The maximum atomic E-state index is 9.49. The molecule has 0 bridgehead atoms. The van der Waals surface area contributed by atoms with Crippen molar-refractivity contribution in [2.75, 3.05) is 0 Å². The maximum absolute atomic E-state index is 9.49. The van der Waals surface area contributed by atoms with Crippen LogP contribution in [0.25, 0.3) is 11.1 Å². The lowest BCUT2D eigenvalue weighted by Gasteiger charge is -2.08. The summed E-state index contributed by atoms with van der Waals surface area (Å²) >= 11 is 0. The Hall–Kier alpha value is -2.92. The van der Waals surface area contributed by atoms with Crippen LogP contribution >= 0.6 is 0 Å². The highest BCUT2D eigenvalue weighted by Gasteiger charge is 2.08. The third-order valence-corrected chi connectivity index (χ3v) is 3.85. The molecule has 2 aromatic carbocycles. The molecule has 0 aliphatic heterocycles. The highest BCUT2D eigenvalue weighted by atomic mass is 14.7. The zero-order valence-electron chi connectivity index (χ0n) is 13.4. The average molecular weight is 298 g/mol. The molecule has 2 nitrogen and oxygen atoms in total. The molecule has 0 unspecified atom stereocenters. The summed E-state index contributed by atoms with van der Waals surface area (Å²) in [5.74, 6) is 0. The summed E-state index contributed by atoms with van der Waals surface area (Å²) in [7, 11) is 0. The second-order valence-corrected chi connectivity index (χ2v) is 5.87. The molecule has 0 spiro atoms. The molecular weight excluding hydrogens is 280 g/mol. The maximum Gasteiger partial charge on any atom is 0.101 e. The van der Waals surface area contributed by atoms with Crippen LogP contribution < -0.4 is 0 Å². The van der Waals surface area contributed by atoms with E-state index in [1.165, 1.54) is 16.7 Å². The SMILES string of the molecule is Cc1cc(C)cc(Cc2ncc(-c3ccccc3)cc2C#N)c1. The predicted octanol–water partition coefficient (Wildman–Crippen LogP) is 4.83. The van der Waals surface area contributed by atoms with E-state index in [0.29, 0.717) is 12.0 Å². The molecule has 23 heavy (non-hydrogen) atoms. The third-order valence-electron chi connectivity index (χ3n) is 3.85. The molecule has 2 heteroatoms. The van der Waals surface area contributed by atoms with Crippen LogP contribution in [0.5, 0.6) is 0 Å². The molecule has 112 valence electrons. The van der Waals surface area contributed by atoms with Gasteiger partial charge < -0.3 is 0 Å². The molecule has 0 aliphatic carbocycles. The third kappa shape index (κ3) is 3.46. The minimum atomic E-state index is 0.644. The minimum Gasteiger partial charge on any atom is -0.259 e. The number of rotatable bonds is 3. The van der Waals surface area contributed by atoms with Gasteiger partial charge in [-0.15, -0.1) is 0 Å². The van der Waals surface area contributed by atoms with Crippen molar-refractivity contribution < 1.29 is 0 Å². The van der Waals surface area contributed by atoms with Crippen molar-refractivity contribution in [2.24, 2.45) is 0 Å². The van der Waals surface area contributed by atoms with E-state index >= 15 is 0 Å². The van der Waals surface area contributed by atoms with E-state index in [0.717, 1.165) is 16.8 Å². The summed E-state index contributed by atoms with van der Waals surface area (Å²) in [6.07, 6.45) is 2.54. The second-order valence-electron chi connectivity index (χ2n) is 5.87. The average Bonchev–Trinajstić information content (AvgIpc) is 2.55.